The maximum absolute atomic E-state index is 2.81. The van der Waals surface area contributed by atoms with Gasteiger partial charge in [0.25, 0.3) is 0 Å². The summed E-state index contributed by atoms with van der Waals surface area (Å²) in [7, 11) is 0. The Morgan fingerprint density at radius 1 is 0.586 bits per heavy atom. The van der Waals surface area contributed by atoms with Crippen LogP contribution in [0, 0.1) is 56.7 Å². The second kappa shape index (κ2) is 6.28. The van der Waals surface area contributed by atoms with Gasteiger partial charge in [0.1, 0.15) is 0 Å². The van der Waals surface area contributed by atoms with Crippen LogP contribution in [0.4, 0.5) is 0 Å². The first kappa shape index (κ1) is 20.9. The Morgan fingerprint density at radius 3 is 1.86 bits per heavy atom. The van der Waals surface area contributed by atoms with Gasteiger partial charge >= 0.3 is 0 Å². The van der Waals surface area contributed by atoms with Crippen LogP contribution in [0.2, 0.25) is 0 Å². The molecule has 5 saturated carbocycles. The summed E-state index contributed by atoms with van der Waals surface area (Å²) >= 11 is 0. The first-order valence-electron chi connectivity index (χ1n) is 13.5. The van der Waals surface area contributed by atoms with Crippen molar-refractivity contribution in [3.8, 4) is 0 Å². The summed E-state index contributed by atoms with van der Waals surface area (Å²) in [5.41, 5.74) is 2.97. The van der Waals surface area contributed by atoms with Gasteiger partial charge in [-0.25, -0.2) is 0 Å². The molecule has 5 rings (SSSR count). The highest BCUT2D eigenvalue weighted by Gasteiger charge is 2.69. The maximum Gasteiger partial charge on any atom is -0.0235 e. The van der Waals surface area contributed by atoms with Crippen LogP contribution in [-0.2, 0) is 0 Å². The van der Waals surface area contributed by atoms with E-state index in [1.807, 2.05) is 0 Å². The lowest BCUT2D eigenvalue weighted by Crippen LogP contribution is -2.65. The van der Waals surface area contributed by atoms with Crippen LogP contribution in [0.15, 0.2) is 0 Å². The van der Waals surface area contributed by atoms with Gasteiger partial charge in [0.2, 0.25) is 0 Å². The van der Waals surface area contributed by atoms with Crippen LogP contribution in [0.1, 0.15) is 126 Å². The predicted octanol–water partition coefficient (Wildman–Crippen LogP) is 8.89. The second-order valence-electron chi connectivity index (χ2n) is 14.3. The lowest BCUT2D eigenvalue weighted by Gasteiger charge is -2.73. The first-order valence-corrected chi connectivity index (χ1v) is 13.5. The molecular weight excluding hydrogens is 348 g/mol. The Labute approximate surface area is 182 Å². The summed E-state index contributed by atoms with van der Waals surface area (Å²) < 4.78 is 0. The minimum Gasteiger partial charge on any atom is -0.0651 e. The fourth-order valence-electron chi connectivity index (χ4n) is 11.9. The molecule has 5 aliphatic rings. The van der Waals surface area contributed by atoms with Gasteiger partial charge in [0, 0.05) is 0 Å². The predicted molar refractivity (Wildman–Crippen MR) is 125 cm³/mol. The molecule has 0 N–H and O–H groups in total. The molecule has 0 nitrogen and oxygen atoms in total. The fraction of sp³-hybridized carbons (Fsp3) is 1.00. The zero-order valence-corrected chi connectivity index (χ0v) is 20.9. The summed E-state index contributed by atoms with van der Waals surface area (Å²) in [6.07, 6.45) is 18.1. The quantitative estimate of drug-likeness (QED) is 0.413. The van der Waals surface area contributed by atoms with E-state index in [4.69, 9.17) is 0 Å². The van der Waals surface area contributed by atoms with Gasteiger partial charge < -0.3 is 0 Å². The number of hydrogen-bond acceptors (Lipinski definition) is 0. The molecule has 5 fully saturated rings. The van der Waals surface area contributed by atoms with E-state index >= 15 is 0 Å². The molecule has 0 aromatic heterocycles. The fourth-order valence-corrected chi connectivity index (χ4v) is 11.9. The van der Waals surface area contributed by atoms with Crippen molar-refractivity contribution in [3.63, 3.8) is 0 Å². The van der Waals surface area contributed by atoms with Crippen molar-refractivity contribution in [1.82, 2.24) is 0 Å². The molecule has 0 radical (unpaired) electrons. The molecule has 0 heteroatoms. The van der Waals surface area contributed by atoms with E-state index in [2.05, 4.69) is 48.5 Å². The van der Waals surface area contributed by atoms with E-state index in [1.165, 1.54) is 64.2 Å². The summed E-state index contributed by atoms with van der Waals surface area (Å²) in [5, 5.41) is 0. The Balaban J connectivity index is 1.53. The minimum absolute atomic E-state index is 0.565. The highest BCUT2D eigenvalue weighted by molar-refractivity contribution is 5.18. The molecule has 0 bridgehead atoms. The Bertz CT molecular complexity index is 661. The second-order valence-corrected chi connectivity index (χ2v) is 14.3. The van der Waals surface area contributed by atoms with E-state index in [-0.39, 0.29) is 0 Å². The van der Waals surface area contributed by atoms with Crippen LogP contribution >= 0.6 is 0 Å². The van der Waals surface area contributed by atoms with Crippen LogP contribution in [0.3, 0.4) is 0 Å². The molecule has 0 amide bonds. The molecule has 9 atom stereocenters. The van der Waals surface area contributed by atoms with Crippen LogP contribution < -0.4 is 0 Å². The third-order valence-corrected chi connectivity index (χ3v) is 13.4. The van der Waals surface area contributed by atoms with Gasteiger partial charge in [-0.3, -0.25) is 0 Å². The summed E-state index contributed by atoms with van der Waals surface area (Å²) in [5.74, 6) is 4.99. The average Bonchev–Trinajstić information content (AvgIpc) is 2.98. The molecular formula is C29H50. The summed E-state index contributed by atoms with van der Waals surface area (Å²) in [6.45, 7) is 18.8. The average molecular weight is 399 g/mol. The molecule has 0 saturated heterocycles. The Morgan fingerprint density at radius 2 is 1.21 bits per heavy atom. The van der Waals surface area contributed by atoms with Crippen LogP contribution in [-0.4, -0.2) is 0 Å². The van der Waals surface area contributed by atoms with Crippen molar-refractivity contribution in [3.05, 3.63) is 0 Å². The standard InChI is InChI=1S/C29H50/c1-8-20-12-17-26(4)21(20)13-18-28(6)23(26)10-11-24-27(5)16-9-15-25(2,3)22(27)14-19-29(24,28)7/h20-24H,8-19H2,1-7H3/t20-,21+,22?,23?,24?,26-,27-,28+,29+/m0/s1. The lowest BCUT2D eigenvalue weighted by atomic mass is 9.32. The van der Waals surface area contributed by atoms with Gasteiger partial charge in [-0.1, -0.05) is 61.3 Å². The number of hydrogen-bond donors (Lipinski definition) is 0. The van der Waals surface area contributed by atoms with E-state index in [0.29, 0.717) is 27.1 Å². The van der Waals surface area contributed by atoms with Gasteiger partial charge in [-0.2, -0.15) is 0 Å². The minimum atomic E-state index is 0.565. The molecule has 0 aliphatic heterocycles. The lowest BCUT2D eigenvalue weighted by molar-refractivity contribution is -0.241. The van der Waals surface area contributed by atoms with Crippen molar-refractivity contribution in [1.29, 1.82) is 0 Å². The van der Waals surface area contributed by atoms with Gasteiger partial charge in [-0.15, -0.1) is 0 Å². The van der Waals surface area contributed by atoms with Crippen molar-refractivity contribution in [2.24, 2.45) is 56.7 Å². The Hall–Kier alpha value is 0. The molecule has 3 unspecified atom stereocenters. The summed E-state index contributed by atoms with van der Waals surface area (Å²) in [4.78, 5) is 0. The molecule has 29 heavy (non-hydrogen) atoms. The zero-order valence-electron chi connectivity index (χ0n) is 20.9. The third kappa shape index (κ3) is 2.44. The van der Waals surface area contributed by atoms with Crippen LogP contribution in [0.5, 0.6) is 0 Å². The largest absolute Gasteiger partial charge is 0.0651 e. The van der Waals surface area contributed by atoms with E-state index in [0.717, 1.165) is 29.6 Å². The normalized spacial score (nSPS) is 58.7. The van der Waals surface area contributed by atoms with E-state index in [9.17, 15) is 0 Å². The van der Waals surface area contributed by atoms with E-state index < -0.39 is 0 Å². The number of fused-ring (bicyclic) bond motifs is 7. The highest BCUT2D eigenvalue weighted by Crippen LogP contribution is 2.77. The monoisotopic (exact) mass is 398 g/mol. The third-order valence-electron chi connectivity index (χ3n) is 13.4. The van der Waals surface area contributed by atoms with Crippen molar-refractivity contribution in [2.45, 2.75) is 126 Å². The van der Waals surface area contributed by atoms with Gasteiger partial charge in [0.15, 0.2) is 0 Å². The molecule has 166 valence electrons. The topological polar surface area (TPSA) is 0 Å². The van der Waals surface area contributed by atoms with Crippen LogP contribution in [0.25, 0.3) is 0 Å². The van der Waals surface area contributed by atoms with Crippen molar-refractivity contribution in [2.75, 3.05) is 0 Å². The van der Waals surface area contributed by atoms with Crippen molar-refractivity contribution >= 4 is 0 Å². The molecule has 5 aliphatic carbocycles. The SMILES string of the molecule is CC[C@H]1CC[C@]2(C)C3CCC4[C@@]5(C)CCCC(C)(C)C5CC[C@@]4(C)[C@]3(C)CC[C@H]12. The molecule has 0 aromatic rings. The zero-order chi connectivity index (χ0) is 20.9. The van der Waals surface area contributed by atoms with E-state index in [1.54, 1.807) is 12.8 Å². The Kier molecular flexibility index (Phi) is 4.52. The molecule has 0 spiro atoms. The smallest absolute Gasteiger partial charge is 0.0235 e. The maximum atomic E-state index is 2.81. The van der Waals surface area contributed by atoms with Gasteiger partial charge in [0.05, 0.1) is 0 Å². The molecule has 0 aromatic carbocycles. The van der Waals surface area contributed by atoms with Crippen molar-refractivity contribution < 1.29 is 0 Å². The first-order chi connectivity index (χ1) is 13.5. The highest BCUT2D eigenvalue weighted by atomic mass is 14.7. The number of rotatable bonds is 1. The van der Waals surface area contributed by atoms with Gasteiger partial charge in [-0.05, 0) is 121 Å². The summed E-state index contributed by atoms with van der Waals surface area (Å²) in [6, 6.07) is 0. The molecule has 0 heterocycles.